The molecular formula is C11H11FO2. The van der Waals surface area contributed by atoms with E-state index in [1.807, 2.05) is 6.07 Å². The summed E-state index contributed by atoms with van der Waals surface area (Å²) in [6.45, 7) is 1.21. The Bertz CT molecular complexity index is 370. The predicted octanol–water partition coefficient (Wildman–Crippen LogP) is 1.97. The highest BCUT2D eigenvalue weighted by Gasteiger charge is 2.44. The molecule has 2 nitrogen and oxygen atoms in total. The van der Waals surface area contributed by atoms with E-state index in [2.05, 4.69) is 0 Å². The molecule has 74 valence electrons. The lowest BCUT2D eigenvalue weighted by molar-refractivity contribution is -0.163. The third kappa shape index (κ3) is 0.967. The molecule has 0 radical (unpaired) electrons. The lowest BCUT2D eigenvalue weighted by Gasteiger charge is -2.22. The van der Waals surface area contributed by atoms with Crippen molar-refractivity contribution in [3.05, 3.63) is 35.1 Å². The molecule has 1 aromatic rings. The van der Waals surface area contributed by atoms with Crippen molar-refractivity contribution in [1.82, 2.24) is 0 Å². The number of halogens is 1. The molecule has 0 amide bonds. The van der Waals surface area contributed by atoms with Gasteiger partial charge < -0.3 is 9.47 Å². The monoisotopic (exact) mass is 194 g/mol. The van der Waals surface area contributed by atoms with Gasteiger partial charge in [-0.2, -0.15) is 0 Å². The Morgan fingerprint density at radius 2 is 2.00 bits per heavy atom. The van der Waals surface area contributed by atoms with Gasteiger partial charge in [-0.15, -0.1) is 0 Å². The summed E-state index contributed by atoms with van der Waals surface area (Å²) in [7, 11) is 0. The van der Waals surface area contributed by atoms with Gasteiger partial charge in [0.1, 0.15) is 5.82 Å². The van der Waals surface area contributed by atoms with Gasteiger partial charge in [-0.1, -0.05) is 12.1 Å². The summed E-state index contributed by atoms with van der Waals surface area (Å²) in [5, 5.41) is 0. The normalized spacial score (nSPS) is 22.9. The molecule has 1 aliphatic carbocycles. The quantitative estimate of drug-likeness (QED) is 0.628. The average Bonchev–Trinajstić information content (AvgIpc) is 2.78. The van der Waals surface area contributed by atoms with Crippen LogP contribution in [0, 0.1) is 5.82 Å². The molecule has 0 aromatic heterocycles. The highest BCUT2D eigenvalue weighted by atomic mass is 19.1. The third-order valence-corrected chi connectivity index (χ3v) is 2.99. The zero-order valence-electron chi connectivity index (χ0n) is 7.75. The van der Waals surface area contributed by atoms with Crippen LogP contribution in [0.5, 0.6) is 0 Å². The zero-order chi connectivity index (χ0) is 9.60. The maximum atomic E-state index is 13.4. The van der Waals surface area contributed by atoms with Crippen LogP contribution in [-0.4, -0.2) is 13.2 Å². The molecule has 1 saturated heterocycles. The van der Waals surface area contributed by atoms with Crippen LogP contribution in [0.25, 0.3) is 0 Å². The molecule has 14 heavy (non-hydrogen) atoms. The standard InChI is InChI=1S/C11H11FO2/c12-10-3-1-2-9-8(10)4-5-11(9)13-6-7-14-11/h1-3H,4-7H2. The number of fused-ring (bicyclic) bond motifs is 2. The maximum Gasteiger partial charge on any atom is 0.195 e. The number of benzene rings is 1. The van der Waals surface area contributed by atoms with Crippen LogP contribution in [0.3, 0.4) is 0 Å². The van der Waals surface area contributed by atoms with E-state index in [0.717, 1.165) is 17.5 Å². The Labute approximate surface area is 81.6 Å². The fraction of sp³-hybridized carbons (Fsp3) is 0.455. The van der Waals surface area contributed by atoms with Crippen molar-refractivity contribution in [2.45, 2.75) is 18.6 Å². The second-order valence-corrected chi connectivity index (χ2v) is 3.72. The van der Waals surface area contributed by atoms with Crippen molar-refractivity contribution >= 4 is 0 Å². The number of rotatable bonds is 0. The lowest BCUT2D eigenvalue weighted by atomic mass is 10.1. The first kappa shape index (κ1) is 8.38. The molecule has 3 heteroatoms. The Morgan fingerprint density at radius 3 is 2.79 bits per heavy atom. The number of hydrogen-bond donors (Lipinski definition) is 0. The van der Waals surface area contributed by atoms with Crippen LogP contribution >= 0.6 is 0 Å². The van der Waals surface area contributed by atoms with Crippen molar-refractivity contribution in [2.24, 2.45) is 0 Å². The van der Waals surface area contributed by atoms with Gasteiger partial charge in [0.15, 0.2) is 5.79 Å². The molecule has 2 aliphatic rings. The Hall–Kier alpha value is -0.930. The predicted molar refractivity (Wildman–Crippen MR) is 48.3 cm³/mol. The van der Waals surface area contributed by atoms with E-state index >= 15 is 0 Å². The third-order valence-electron chi connectivity index (χ3n) is 2.99. The molecule has 0 atom stereocenters. The van der Waals surface area contributed by atoms with Crippen LogP contribution < -0.4 is 0 Å². The smallest absolute Gasteiger partial charge is 0.195 e. The summed E-state index contributed by atoms with van der Waals surface area (Å²) in [4.78, 5) is 0. The van der Waals surface area contributed by atoms with Crippen LogP contribution in [0.2, 0.25) is 0 Å². The summed E-state index contributed by atoms with van der Waals surface area (Å²) in [5.74, 6) is -0.768. The second kappa shape index (κ2) is 2.78. The van der Waals surface area contributed by atoms with E-state index in [1.165, 1.54) is 6.07 Å². The van der Waals surface area contributed by atoms with Gasteiger partial charge in [-0.3, -0.25) is 0 Å². The first-order valence-corrected chi connectivity index (χ1v) is 4.88. The fourth-order valence-electron chi connectivity index (χ4n) is 2.35. The van der Waals surface area contributed by atoms with Crippen LogP contribution in [-0.2, 0) is 21.7 Å². The fourth-order valence-corrected chi connectivity index (χ4v) is 2.35. The Kier molecular flexibility index (Phi) is 1.66. The minimum absolute atomic E-state index is 0.140. The summed E-state index contributed by atoms with van der Waals surface area (Å²) in [5.41, 5.74) is 1.64. The van der Waals surface area contributed by atoms with Gasteiger partial charge >= 0.3 is 0 Å². The molecule has 1 heterocycles. The van der Waals surface area contributed by atoms with Crippen LogP contribution in [0.4, 0.5) is 4.39 Å². The SMILES string of the molecule is Fc1cccc2c1CCC21OCCO1. The Morgan fingerprint density at radius 1 is 1.21 bits per heavy atom. The number of hydrogen-bond acceptors (Lipinski definition) is 2. The zero-order valence-corrected chi connectivity index (χ0v) is 7.75. The summed E-state index contributed by atoms with van der Waals surface area (Å²) in [6.07, 6.45) is 1.45. The van der Waals surface area contributed by atoms with E-state index in [-0.39, 0.29) is 5.82 Å². The van der Waals surface area contributed by atoms with Crippen molar-refractivity contribution in [3.8, 4) is 0 Å². The van der Waals surface area contributed by atoms with Gasteiger partial charge in [-0.05, 0) is 18.1 Å². The van der Waals surface area contributed by atoms with Crippen molar-refractivity contribution in [3.63, 3.8) is 0 Å². The molecule has 1 aliphatic heterocycles. The molecule has 0 N–H and O–H groups in total. The summed E-state index contributed by atoms with van der Waals surface area (Å²) >= 11 is 0. The maximum absolute atomic E-state index is 13.4. The van der Waals surface area contributed by atoms with Gasteiger partial charge in [-0.25, -0.2) is 4.39 Å². The van der Waals surface area contributed by atoms with E-state index in [9.17, 15) is 4.39 Å². The first-order chi connectivity index (χ1) is 6.82. The Balaban J connectivity index is 2.14. The molecule has 0 unspecified atom stereocenters. The molecule has 1 aromatic carbocycles. The molecule has 0 bridgehead atoms. The first-order valence-electron chi connectivity index (χ1n) is 4.88. The molecule has 1 fully saturated rings. The van der Waals surface area contributed by atoms with E-state index < -0.39 is 5.79 Å². The second-order valence-electron chi connectivity index (χ2n) is 3.72. The van der Waals surface area contributed by atoms with Crippen molar-refractivity contribution in [1.29, 1.82) is 0 Å². The minimum Gasteiger partial charge on any atom is -0.343 e. The van der Waals surface area contributed by atoms with E-state index in [0.29, 0.717) is 19.6 Å². The van der Waals surface area contributed by atoms with Gasteiger partial charge in [0.05, 0.1) is 13.2 Å². The largest absolute Gasteiger partial charge is 0.343 e. The van der Waals surface area contributed by atoms with Crippen LogP contribution in [0.15, 0.2) is 18.2 Å². The summed E-state index contributed by atoms with van der Waals surface area (Å²) in [6, 6.07) is 5.11. The average molecular weight is 194 g/mol. The van der Waals surface area contributed by atoms with E-state index in [1.54, 1.807) is 6.07 Å². The van der Waals surface area contributed by atoms with Gasteiger partial charge in [0.2, 0.25) is 0 Å². The molecule has 1 spiro atoms. The lowest BCUT2D eigenvalue weighted by Crippen LogP contribution is -2.23. The van der Waals surface area contributed by atoms with Crippen molar-refractivity contribution < 1.29 is 13.9 Å². The van der Waals surface area contributed by atoms with E-state index in [4.69, 9.17) is 9.47 Å². The molecule has 3 rings (SSSR count). The highest BCUT2D eigenvalue weighted by molar-refractivity contribution is 5.37. The molecular weight excluding hydrogens is 183 g/mol. The minimum atomic E-state index is -0.628. The summed E-state index contributed by atoms with van der Waals surface area (Å²) < 4.78 is 24.6. The topological polar surface area (TPSA) is 18.5 Å². The van der Waals surface area contributed by atoms with Gasteiger partial charge in [0.25, 0.3) is 0 Å². The highest BCUT2D eigenvalue weighted by Crippen LogP contribution is 2.43. The number of ether oxygens (including phenoxy) is 2. The molecule has 0 saturated carbocycles. The van der Waals surface area contributed by atoms with Crippen molar-refractivity contribution in [2.75, 3.05) is 13.2 Å². The van der Waals surface area contributed by atoms with Crippen LogP contribution in [0.1, 0.15) is 17.5 Å². The van der Waals surface area contributed by atoms with Gasteiger partial charge in [0, 0.05) is 12.0 Å².